The van der Waals surface area contributed by atoms with E-state index in [0.717, 1.165) is 5.69 Å². The summed E-state index contributed by atoms with van der Waals surface area (Å²) in [6.07, 6.45) is 0. The summed E-state index contributed by atoms with van der Waals surface area (Å²) in [7, 11) is 0. The maximum absolute atomic E-state index is 11.5. The molecule has 1 N–H and O–H groups in total. The predicted octanol–water partition coefficient (Wildman–Crippen LogP) is 2.67. The van der Waals surface area contributed by atoms with Crippen molar-refractivity contribution in [2.75, 3.05) is 11.9 Å². The minimum absolute atomic E-state index is 0.0184. The molecule has 2 aromatic rings. The normalized spacial score (nSPS) is 9.89. The zero-order valence-corrected chi connectivity index (χ0v) is 10.6. The SMILES string of the molecule is O=C(COc1ccc([N+](=O)[O-])cc1)Nc1ccsc1. The minimum Gasteiger partial charge on any atom is -0.484 e. The van der Waals surface area contributed by atoms with Gasteiger partial charge in [0.25, 0.3) is 11.6 Å². The van der Waals surface area contributed by atoms with Crippen LogP contribution in [0.5, 0.6) is 5.75 Å². The van der Waals surface area contributed by atoms with Crippen LogP contribution in [0.25, 0.3) is 0 Å². The van der Waals surface area contributed by atoms with Gasteiger partial charge in [0.15, 0.2) is 6.61 Å². The molecule has 1 amide bonds. The van der Waals surface area contributed by atoms with Crippen molar-refractivity contribution in [2.24, 2.45) is 0 Å². The maximum atomic E-state index is 11.5. The lowest BCUT2D eigenvalue weighted by Gasteiger charge is -2.05. The van der Waals surface area contributed by atoms with Crippen LogP contribution in [0.15, 0.2) is 41.1 Å². The van der Waals surface area contributed by atoms with Crippen molar-refractivity contribution in [3.05, 3.63) is 51.2 Å². The molecule has 1 aromatic heterocycles. The van der Waals surface area contributed by atoms with Gasteiger partial charge in [0.05, 0.1) is 10.6 Å². The van der Waals surface area contributed by atoms with Crippen LogP contribution >= 0.6 is 11.3 Å². The summed E-state index contributed by atoms with van der Waals surface area (Å²) in [5, 5.41) is 16.8. The Morgan fingerprint density at radius 2 is 2.05 bits per heavy atom. The van der Waals surface area contributed by atoms with Crippen molar-refractivity contribution < 1.29 is 14.5 Å². The van der Waals surface area contributed by atoms with Gasteiger partial charge in [-0.15, -0.1) is 0 Å². The molecule has 7 heteroatoms. The zero-order valence-electron chi connectivity index (χ0n) is 9.74. The third-order valence-electron chi connectivity index (χ3n) is 2.22. The molecule has 0 spiro atoms. The lowest BCUT2D eigenvalue weighted by molar-refractivity contribution is -0.384. The average Bonchev–Trinajstić information content (AvgIpc) is 2.89. The van der Waals surface area contributed by atoms with Crippen LogP contribution in [0.2, 0.25) is 0 Å². The van der Waals surface area contributed by atoms with Crippen molar-refractivity contribution in [1.82, 2.24) is 0 Å². The Bertz CT molecular complexity index is 566. The average molecular weight is 278 g/mol. The number of ether oxygens (including phenoxy) is 1. The minimum atomic E-state index is -0.493. The second-order valence-corrected chi connectivity index (χ2v) is 4.38. The third kappa shape index (κ3) is 3.78. The molecule has 6 nitrogen and oxygen atoms in total. The van der Waals surface area contributed by atoms with E-state index in [2.05, 4.69) is 5.32 Å². The molecule has 0 aliphatic rings. The van der Waals surface area contributed by atoms with Gasteiger partial charge in [-0.2, -0.15) is 11.3 Å². The number of hydrogen-bond donors (Lipinski definition) is 1. The molecule has 0 fully saturated rings. The fraction of sp³-hybridized carbons (Fsp3) is 0.0833. The highest BCUT2D eigenvalue weighted by Crippen LogP contribution is 2.17. The second kappa shape index (κ2) is 5.96. The van der Waals surface area contributed by atoms with Crippen molar-refractivity contribution in [3.8, 4) is 5.75 Å². The number of benzene rings is 1. The van der Waals surface area contributed by atoms with Gasteiger partial charge >= 0.3 is 0 Å². The molecule has 0 aliphatic carbocycles. The van der Waals surface area contributed by atoms with Crippen LogP contribution in [-0.4, -0.2) is 17.4 Å². The number of anilines is 1. The number of amides is 1. The monoisotopic (exact) mass is 278 g/mol. The highest BCUT2D eigenvalue weighted by molar-refractivity contribution is 7.08. The van der Waals surface area contributed by atoms with Crippen molar-refractivity contribution in [3.63, 3.8) is 0 Å². The highest BCUT2D eigenvalue weighted by Gasteiger charge is 2.06. The van der Waals surface area contributed by atoms with E-state index >= 15 is 0 Å². The first kappa shape index (κ1) is 13.0. The van der Waals surface area contributed by atoms with E-state index in [9.17, 15) is 14.9 Å². The van der Waals surface area contributed by atoms with E-state index in [1.54, 1.807) is 6.07 Å². The summed E-state index contributed by atoms with van der Waals surface area (Å²) in [6, 6.07) is 7.35. The molecule has 2 rings (SSSR count). The molecule has 0 aliphatic heterocycles. The van der Waals surface area contributed by atoms with Crippen molar-refractivity contribution >= 4 is 28.6 Å². The molecule has 98 valence electrons. The van der Waals surface area contributed by atoms with E-state index in [4.69, 9.17) is 4.74 Å². The molecule has 0 saturated heterocycles. The number of thiophene rings is 1. The Balaban J connectivity index is 1.84. The predicted molar refractivity (Wildman–Crippen MR) is 71.5 cm³/mol. The number of non-ortho nitro benzene ring substituents is 1. The van der Waals surface area contributed by atoms with Gasteiger partial charge in [-0.3, -0.25) is 14.9 Å². The molecule has 0 atom stereocenters. The summed E-state index contributed by atoms with van der Waals surface area (Å²) in [5.74, 6) is 0.128. The van der Waals surface area contributed by atoms with Crippen LogP contribution in [-0.2, 0) is 4.79 Å². The van der Waals surface area contributed by atoms with Gasteiger partial charge in [-0.05, 0) is 23.6 Å². The molecular weight excluding hydrogens is 268 g/mol. The fourth-order valence-electron chi connectivity index (χ4n) is 1.35. The Hall–Kier alpha value is -2.41. The topological polar surface area (TPSA) is 81.5 Å². The van der Waals surface area contributed by atoms with Gasteiger partial charge in [0.1, 0.15) is 5.75 Å². The molecule has 0 radical (unpaired) electrons. The van der Waals surface area contributed by atoms with Crippen molar-refractivity contribution in [1.29, 1.82) is 0 Å². The van der Waals surface area contributed by atoms with Gasteiger partial charge in [0.2, 0.25) is 0 Å². The number of carbonyl (C=O) groups is 1. The quantitative estimate of drug-likeness (QED) is 0.673. The molecule has 0 unspecified atom stereocenters. The van der Waals surface area contributed by atoms with Crippen LogP contribution in [0, 0.1) is 10.1 Å². The lowest BCUT2D eigenvalue weighted by atomic mass is 10.3. The first-order valence-corrected chi connectivity index (χ1v) is 6.29. The number of nitro benzene ring substituents is 1. The summed E-state index contributed by atoms with van der Waals surface area (Å²) in [4.78, 5) is 21.5. The van der Waals surface area contributed by atoms with E-state index in [0.29, 0.717) is 5.75 Å². The molecule has 0 bridgehead atoms. The Morgan fingerprint density at radius 1 is 1.32 bits per heavy atom. The number of carbonyl (C=O) groups excluding carboxylic acids is 1. The summed E-state index contributed by atoms with van der Waals surface area (Å²) in [6.45, 7) is -0.145. The van der Waals surface area contributed by atoms with Crippen molar-refractivity contribution in [2.45, 2.75) is 0 Å². The maximum Gasteiger partial charge on any atom is 0.269 e. The number of hydrogen-bond acceptors (Lipinski definition) is 5. The fourth-order valence-corrected chi connectivity index (χ4v) is 1.93. The number of nitrogens with one attached hydrogen (secondary N) is 1. The molecule has 0 saturated carbocycles. The smallest absolute Gasteiger partial charge is 0.269 e. The molecule has 1 heterocycles. The first-order valence-electron chi connectivity index (χ1n) is 5.34. The first-order chi connectivity index (χ1) is 9.15. The second-order valence-electron chi connectivity index (χ2n) is 3.60. The van der Waals surface area contributed by atoms with Gasteiger partial charge in [-0.1, -0.05) is 0 Å². The van der Waals surface area contributed by atoms with Gasteiger partial charge < -0.3 is 10.1 Å². The largest absolute Gasteiger partial charge is 0.484 e. The highest BCUT2D eigenvalue weighted by atomic mass is 32.1. The Morgan fingerprint density at radius 3 is 2.63 bits per heavy atom. The number of nitro groups is 1. The summed E-state index contributed by atoms with van der Waals surface area (Å²) in [5.41, 5.74) is 0.706. The third-order valence-corrected chi connectivity index (χ3v) is 2.91. The standard InChI is InChI=1S/C12H10N2O4S/c15-12(13-9-5-6-19-8-9)7-18-11-3-1-10(2-4-11)14(16)17/h1-6,8H,7H2,(H,13,15). The van der Waals surface area contributed by atoms with Crippen LogP contribution in [0.4, 0.5) is 11.4 Å². The van der Waals surface area contributed by atoms with Crippen LogP contribution in [0.1, 0.15) is 0 Å². The summed E-state index contributed by atoms with van der Waals surface area (Å²) >= 11 is 1.48. The van der Waals surface area contributed by atoms with E-state index in [-0.39, 0.29) is 18.2 Å². The number of nitrogens with zero attached hydrogens (tertiary/aromatic N) is 1. The van der Waals surface area contributed by atoms with E-state index in [1.165, 1.54) is 35.6 Å². The summed E-state index contributed by atoms with van der Waals surface area (Å²) < 4.78 is 5.22. The van der Waals surface area contributed by atoms with E-state index < -0.39 is 4.92 Å². The van der Waals surface area contributed by atoms with Crippen LogP contribution < -0.4 is 10.1 Å². The van der Waals surface area contributed by atoms with Gasteiger partial charge in [-0.25, -0.2) is 0 Å². The molecule has 19 heavy (non-hydrogen) atoms. The zero-order chi connectivity index (χ0) is 13.7. The molecule has 1 aromatic carbocycles. The molecular formula is C12H10N2O4S. The van der Waals surface area contributed by atoms with Gasteiger partial charge in [0, 0.05) is 17.5 Å². The van der Waals surface area contributed by atoms with Crippen LogP contribution in [0.3, 0.4) is 0 Å². The van der Waals surface area contributed by atoms with E-state index in [1.807, 2.05) is 10.8 Å². The lowest BCUT2D eigenvalue weighted by Crippen LogP contribution is -2.19. The Kier molecular flexibility index (Phi) is 4.09. The Labute approximate surface area is 112 Å². The number of rotatable bonds is 5.